The third-order valence-electron chi connectivity index (χ3n) is 4.37. The molecular formula is C14H27O4P. The first kappa shape index (κ1) is 15.5. The van der Waals surface area contributed by atoms with Crippen LogP contribution in [0.15, 0.2) is 0 Å². The lowest BCUT2D eigenvalue weighted by Gasteiger charge is -2.63. The fraction of sp³-hybridized carbons (Fsp3) is 1.00. The van der Waals surface area contributed by atoms with Gasteiger partial charge in [0, 0.05) is 0 Å². The Hall–Kier alpha value is 0.110. The fourth-order valence-electron chi connectivity index (χ4n) is 3.13. The zero-order valence-electron chi connectivity index (χ0n) is 12.4. The molecular weight excluding hydrogens is 263 g/mol. The molecule has 0 radical (unpaired) electrons. The highest BCUT2D eigenvalue weighted by Crippen LogP contribution is 2.85. The SMILES string of the molecule is CCCCC(CCCC)(CCCC)C12OP(=O)(O1)O2. The lowest BCUT2D eigenvalue weighted by atomic mass is 9.72. The van der Waals surface area contributed by atoms with Gasteiger partial charge in [-0.15, -0.1) is 0 Å². The van der Waals surface area contributed by atoms with E-state index < -0.39 is 13.8 Å². The maximum atomic E-state index is 11.5. The van der Waals surface area contributed by atoms with Gasteiger partial charge in [0.2, 0.25) is 0 Å². The van der Waals surface area contributed by atoms with Crippen LogP contribution in [-0.2, 0) is 18.1 Å². The Morgan fingerprint density at radius 1 is 0.842 bits per heavy atom. The third-order valence-corrected chi connectivity index (χ3v) is 5.76. The summed E-state index contributed by atoms with van der Waals surface area (Å²) < 4.78 is 28.0. The smallest absolute Gasteiger partial charge is 0.227 e. The minimum Gasteiger partial charge on any atom is -0.227 e. The van der Waals surface area contributed by atoms with Crippen molar-refractivity contribution in [3.8, 4) is 0 Å². The molecule has 0 aromatic heterocycles. The van der Waals surface area contributed by atoms with Crippen molar-refractivity contribution in [2.75, 3.05) is 0 Å². The number of hydrogen-bond donors (Lipinski definition) is 0. The van der Waals surface area contributed by atoms with Crippen molar-refractivity contribution in [3.63, 3.8) is 0 Å². The van der Waals surface area contributed by atoms with Crippen LogP contribution in [-0.4, -0.2) is 5.97 Å². The van der Waals surface area contributed by atoms with Crippen LogP contribution in [0.5, 0.6) is 0 Å². The van der Waals surface area contributed by atoms with Gasteiger partial charge in [-0.1, -0.05) is 59.3 Å². The van der Waals surface area contributed by atoms with Crippen molar-refractivity contribution < 1.29 is 18.1 Å². The van der Waals surface area contributed by atoms with Crippen molar-refractivity contribution in [1.29, 1.82) is 0 Å². The summed E-state index contributed by atoms with van der Waals surface area (Å²) in [6.45, 7) is 6.57. The lowest BCUT2D eigenvalue weighted by Crippen LogP contribution is -2.67. The fourth-order valence-corrected chi connectivity index (χ4v) is 4.64. The van der Waals surface area contributed by atoms with Gasteiger partial charge in [0.1, 0.15) is 0 Å². The Balaban J connectivity index is 2.10. The highest BCUT2D eigenvalue weighted by molar-refractivity contribution is 7.51. The zero-order valence-corrected chi connectivity index (χ0v) is 13.3. The second-order valence-corrected chi connectivity index (χ2v) is 7.31. The molecule has 0 aromatic rings. The van der Waals surface area contributed by atoms with Crippen LogP contribution in [0.4, 0.5) is 0 Å². The van der Waals surface area contributed by atoms with Gasteiger partial charge in [-0.05, 0) is 19.3 Å². The molecule has 4 nitrogen and oxygen atoms in total. The van der Waals surface area contributed by atoms with Crippen molar-refractivity contribution >= 4 is 7.82 Å². The minimum absolute atomic E-state index is 0.110. The number of phosphoric ester groups is 1. The van der Waals surface area contributed by atoms with Gasteiger partial charge in [-0.25, -0.2) is 18.1 Å². The summed E-state index contributed by atoms with van der Waals surface area (Å²) >= 11 is 0. The summed E-state index contributed by atoms with van der Waals surface area (Å²) in [7, 11) is -3.08. The van der Waals surface area contributed by atoms with Crippen LogP contribution in [0.1, 0.15) is 78.6 Å². The normalized spacial score (nSPS) is 32.8. The summed E-state index contributed by atoms with van der Waals surface area (Å²) in [5.74, 6) is -0.970. The lowest BCUT2D eigenvalue weighted by molar-refractivity contribution is -0.478. The van der Waals surface area contributed by atoms with E-state index >= 15 is 0 Å². The van der Waals surface area contributed by atoms with Gasteiger partial charge in [0.15, 0.2) is 0 Å². The van der Waals surface area contributed by atoms with Crippen molar-refractivity contribution in [2.45, 2.75) is 84.5 Å². The van der Waals surface area contributed by atoms with Crippen molar-refractivity contribution in [2.24, 2.45) is 5.41 Å². The second kappa shape index (κ2) is 5.85. The number of hydrogen-bond acceptors (Lipinski definition) is 4. The molecule has 3 heterocycles. The summed E-state index contributed by atoms with van der Waals surface area (Å²) in [5.41, 5.74) is -0.110. The molecule has 0 saturated carbocycles. The van der Waals surface area contributed by atoms with Gasteiger partial charge < -0.3 is 0 Å². The van der Waals surface area contributed by atoms with Crippen molar-refractivity contribution in [3.05, 3.63) is 0 Å². The average molecular weight is 290 g/mol. The van der Waals surface area contributed by atoms with Crippen LogP contribution in [0, 0.1) is 5.41 Å². The quantitative estimate of drug-likeness (QED) is 0.506. The summed E-state index contributed by atoms with van der Waals surface area (Å²) in [6, 6.07) is 0. The van der Waals surface area contributed by atoms with E-state index in [1.54, 1.807) is 0 Å². The predicted octanol–water partition coefficient (Wildman–Crippen LogP) is 5.38. The molecule has 3 rings (SSSR count). The minimum atomic E-state index is -3.08. The molecule has 0 atom stereocenters. The highest BCUT2D eigenvalue weighted by Gasteiger charge is 2.81. The summed E-state index contributed by atoms with van der Waals surface area (Å²) in [5, 5.41) is 0. The molecule has 0 spiro atoms. The Bertz CT molecular complexity index is 307. The number of phosphoric acid groups is 1. The first-order chi connectivity index (χ1) is 9.05. The molecule has 0 aromatic carbocycles. The van der Waals surface area contributed by atoms with E-state index in [1.807, 2.05) is 0 Å². The predicted molar refractivity (Wildman–Crippen MR) is 74.6 cm³/mol. The van der Waals surface area contributed by atoms with Crippen molar-refractivity contribution in [1.82, 2.24) is 0 Å². The van der Waals surface area contributed by atoms with Crippen LogP contribution in [0.2, 0.25) is 0 Å². The van der Waals surface area contributed by atoms with E-state index in [0.717, 1.165) is 57.8 Å². The van der Waals surface area contributed by atoms with Gasteiger partial charge in [0.05, 0.1) is 5.41 Å². The largest absolute Gasteiger partial charge is 0.488 e. The molecule has 3 fully saturated rings. The topological polar surface area (TPSA) is 44.8 Å². The second-order valence-electron chi connectivity index (χ2n) is 5.87. The number of unbranched alkanes of at least 4 members (excludes halogenated alkanes) is 3. The van der Waals surface area contributed by atoms with Gasteiger partial charge >= 0.3 is 13.8 Å². The van der Waals surface area contributed by atoms with E-state index in [4.69, 9.17) is 13.6 Å². The van der Waals surface area contributed by atoms with E-state index in [9.17, 15) is 4.57 Å². The van der Waals surface area contributed by atoms with Crippen LogP contribution in [0.3, 0.4) is 0 Å². The monoisotopic (exact) mass is 290 g/mol. The Morgan fingerprint density at radius 3 is 1.47 bits per heavy atom. The van der Waals surface area contributed by atoms with Gasteiger partial charge in [-0.2, -0.15) is 0 Å². The van der Waals surface area contributed by atoms with Crippen LogP contribution < -0.4 is 0 Å². The summed E-state index contributed by atoms with van der Waals surface area (Å²) in [6.07, 6.45) is 9.94. The first-order valence-corrected chi connectivity index (χ1v) is 9.24. The highest BCUT2D eigenvalue weighted by atomic mass is 31.2. The third kappa shape index (κ3) is 2.65. The standard InChI is InChI=1S/C14H27O4P/c1-4-7-10-13(11-8-5-2,12-9-6-3)14-16-19(15,17-14)18-14/h4-12H2,1-3H3. The average Bonchev–Trinajstić information content (AvgIpc) is 2.34. The molecule has 0 aliphatic carbocycles. The molecule has 3 aliphatic rings. The van der Waals surface area contributed by atoms with Crippen LogP contribution in [0.25, 0.3) is 0 Å². The Morgan fingerprint density at radius 2 is 1.21 bits per heavy atom. The van der Waals surface area contributed by atoms with E-state index in [-0.39, 0.29) is 5.41 Å². The molecule has 5 heteroatoms. The Labute approximate surface area is 116 Å². The van der Waals surface area contributed by atoms with E-state index in [0.29, 0.717) is 0 Å². The molecule has 19 heavy (non-hydrogen) atoms. The Kier molecular flexibility index (Phi) is 4.77. The molecule has 0 amide bonds. The molecule has 0 N–H and O–H groups in total. The van der Waals surface area contributed by atoms with Crippen LogP contribution >= 0.6 is 7.82 Å². The molecule has 0 unspecified atom stereocenters. The molecule has 3 aliphatic heterocycles. The van der Waals surface area contributed by atoms with E-state index in [2.05, 4.69) is 20.8 Å². The zero-order chi connectivity index (χ0) is 14.0. The maximum absolute atomic E-state index is 11.5. The van der Waals surface area contributed by atoms with Gasteiger partial charge in [0.25, 0.3) is 0 Å². The molecule has 3 saturated heterocycles. The summed E-state index contributed by atoms with van der Waals surface area (Å²) in [4.78, 5) is 0. The van der Waals surface area contributed by atoms with Gasteiger partial charge in [-0.3, -0.25) is 0 Å². The number of rotatable bonds is 10. The maximum Gasteiger partial charge on any atom is 0.488 e. The van der Waals surface area contributed by atoms with E-state index in [1.165, 1.54) is 0 Å². The molecule has 2 bridgehead atoms. The molecule has 112 valence electrons. The first-order valence-electron chi connectivity index (χ1n) is 7.77.